The second kappa shape index (κ2) is 5.32. The summed E-state index contributed by atoms with van der Waals surface area (Å²) < 4.78 is 0. The standard InChI is InChI=1S/C15H24N2S/c1-3-13-6-7-15(18-13)11(2)17-9-12-5-4-8-16-14(12)10-17/h6-7,11-12,14,16H,3-5,8-10H2,1-2H3/t11?,12-,14+/m0/s1. The van der Waals surface area contributed by atoms with E-state index in [-0.39, 0.29) is 0 Å². The van der Waals surface area contributed by atoms with Crippen molar-refractivity contribution in [1.29, 1.82) is 0 Å². The molecule has 0 aliphatic carbocycles. The van der Waals surface area contributed by atoms with Gasteiger partial charge in [-0.05, 0) is 50.8 Å². The summed E-state index contributed by atoms with van der Waals surface area (Å²) in [6.07, 6.45) is 3.96. The molecule has 100 valence electrons. The van der Waals surface area contributed by atoms with Gasteiger partial charge in [-0.15, -0.1) is 11.3 Å². The van der Waals surface area contributed by atoms with Crippen molar-refractivity contribution in [2.75, 3.05) is 19.6 Å². The number of nitrogens with zero attached hydrogens (tertiary/aromatic N) is 1. The molecule has 18 heavy (non-hydrogen) atoms. The molecular formula is C15H24N2S. The van der Waals surface area contributed by atoms with Gasteiger partial charge in [-0.25, -0.2) is 0 Å². The third-order valence-corrected chi connectivity index (χ3v) is 6.02. The van der Waals surface area contributed by atoms with E-state index >= 15 is 0 Å². The SMILES string of the molecule is CCc1ccc(C(C)N2C[C@@H]3CCCN[C@@H]3C2)s1. The van der Waals surface area contributed by atoms with Crippen molar-refractivity contribution in [2.24, 2.45) is 5.92 Å². The second-order valence-electron chi connectivity index (χ2n) is 5.75. The minimum atomic E-state index is 0.600. The van der Waals surface area contributed by atoms with Crippen LogP contribution in [0.15, 0.2) is 12.1 Å². The van der Waals surface area contributed by atoms with Crippen molar-refractivity contribution in [3.63, 3.8) is 0 Å². The molecule has 3 atom stereocenters. The van der Waals surface area contributed by atoms with E-state index < -0.39 is 0 Å². The summed E-state index contributed by atoms with van der Waals surface area (Å²) in [5, 5.41) is 3.70. The van der Waals surface area contributed by atoms with Crippen LogP contribution in [0.4, 0.5) is 0 Å². The molecule has 1 aromatic rings. The summed E-state index contributed by atoms with van der Waals surface area (Å²) in [5.41, 5.74) is 0. The molecule has 1 N–H and O–H groups in total. The summed E-state index contributed by atoms with van der Waals surface area (Å²) in [4.78, 5) is 5.75. The number of hydrogen-bond donors (Lipinski definition) is 1. The molecule has 2 aliphatic heterocycles. The van der Waals surface area contributed by atoms with Crippen LogP contribution in [-0.2, 0) is 6.42 Å². The lowest BCUT2D eigenvalue weighted by atomic mass is 9.94. The lowest BCUT2D eigenvalue weighted by Gasteiger charge is -2.25. The maximum atomic E-state index is 3.70. The Bertz CT molecular complexity index is 387. The van der Waals surface area contributed by atoms with Crippen molar-refractivity contribution >= 4 is 11.3 Å². The third kappa shape index (κ3) is 2.36. The van der Waals surface area contributed by atoms with Crippen LogP contribution in [-0.4, -0.2) is 30.6 Å². The fourth-order valence-electron chi connectivity index (χ4n) is 3.39. The zero-order chi connectivity index (χ0) is 12.5. The quantitative estimate of drug-likeness (QED) is 0.902. The van der Waals surface area contributed by atoms with Gasteiger partial charge in [0.25, 0.3) is 0 Å². The fourth-order valence-corrected chi connectivity index (χ4v) is 4.42. The molecule has 0 bridgehead atoms. The molecule has 0 aromatic carbocycles. The zero-order valence-corrected chi connectivity index (χ0v) is 12.3. The lowest BCUT2D eigenvalue weighted by molar-refractivity contribution is 0.254. The Morgan fingerprint density at radius 2 is 2.33 bits per heavy atom. The molecule has 1 unspecified atom stereocenters. The first-order valence-corrected chi connectivity index (χ1v) is 8.15. The first kappa shape index (κ1) is 12.6. The molecule has 1 aromatic heterocycles. The summed E-state index contributed by atoms with van der Waals surface area (Å²) >= 11 is 2.00. The topological polar surface area (TPSA) is 15.3 Å². The van der Waals surface area contributed by atoms with Crippen molar-refractivity contribution in [2.45, 2.75) is 45.2 Å². The Balaban J connectivity index is 1.67. The molecule has 0 saturated carbocycles. The van der Waals surface area contributed by atoms with Gasteiger partial charge < -0.3 is 5.32 Å². The highest BCUT2D eigenvalue weighted by atomic mass is 32.1. The number of rotatable bonds is 3. The van der Waals surface area contributed by atoms with Crippen LogP contribution >= 0.6 is 11.3 Å². The van der Waals surface area contributed by atoms with Crippen molar-refractivity contribution in [1.82, 2.24) is 10.2 Å². The minimum absolute atomic E-state index is 0.600. The summed E-state index contributed by atoms with van der Waals surface area (Å²) in [6.45, 7) is 8.38. The van der Waals surface area contributed by atoms with E-state index in [0.717, 1.165) is 12.0 Å². The van der Waals surface area contributed by atoms with Gasteiger partial charge in [0.2, 0.25) is 0 Å². The van der Waals surface area contributed by atoms with Crippen molar-refractivity contribution in [3.8, 4) is 0 Å². The Hall–Kier alpha value is -0.380. The number of thiophene rings is 1. The molecule has 2 nitrogen and oxygen atoms in total. The molecule has 3 heteroatoms. The molecule has 2 saturated heterocycles. The molecule has 2 fully saturated rings. The first-order chi connectivity index (χ1) is 8.78. The van der Waals surface area contributed by atoms with E-state index in [1.807, 2.05) is 11.3 Å². The molecular weight excluding hydrogens is 240 g/mol. The Kier molecular flexibility index (Phi) is 3.73. The highest BCUT2D eigenvalue weighted by Crippen LogP contribution is 2.34. The van der Waals surface area contributed by atoms with Crippen LogP contribution in [0.2, 0.25) is 0 Å². The number of aryl methyl sites for hydroxylation is 1. The highest BCUT2D eigenvalue weighted by Gasteiger charge is 2.36. The van der Waals surface area contributed by atoms with E-state index in [9.17, 15) is 0 Å². The van der Waals surface area contributed by atoms with Crippen LogP contribution in [0.25, 0.3) is 0 Å². The predicted octanol–water partition coefficient (Wildman–Crippen LogP) is 3.06. The molecule has 3 rings (SSSR count). The third-order valence-electron chi connectivity index (χ3n) is 4.62. The molecule has 2 aliphatic rings. The van der Waals surface area contributed by atoms with Gasteiger partial charge in [0.15, 0.2) is 0 Å². The summed E-state index contributed by atoms with van der Waals surface area (Å²) in [7, 11) is 0. The Morgan fingerprint density at radius 3 is 3.06 bits per heavy atom. The van der Waals surface area contributed by atoms with E-state index in [4.69, 9.17) is 0 Å². The number of nitrogens with one attached hydrogen (secondary N) is 1. The Morgan fingerprint density at radius 1 is 1.44 bits per heavy atom. The van der Waals surface area contributed by atoms with E-state index in [0.29, 0.717) is 6.04 Å². The van der Waals surface area contributed by atoms with Gasteiger partial charge >= 0.3 is 0 Å². The molecule has 0 amide bonds. The first-order valence-electron chi connectivity index (χ1n) is 7.34. The largest absolute Gasteiger partial charge is 0.312 e. The number of hydrogen-bond acceptors (Lipinski definition) is 3. The van der Waals surface area contributed by atoms with Crippen LogP contribution in [0.5, 0.6) is 0 Å². The maximum Gasteiger partial charge on any atom is 0.0414 e. The van der Waals surface area contributed by atoms with Crippen LogP contribution < -0.4 is 5.32 Å². The zero-order valence-electron chi connectivity index (χ0n) is 11.5. The van der Waals surface area contributed by atoms with Gasteiger partial charge in [0.1, 0.15) is 0 Å². The molecule has 0 radical (unpaired) electrons. The predicted molar refractivity (Wildman–Crippen MR) is 78.2 cm³/mol. The lowest BCUT2D eigenvalue weighted by Crippen LogP contribution is -2.40. The Labute approximate surface area is 114 Å². The monoisotopic (exact) mass is 264 g/mol. The van der Waals surface area contributed by atoms with Crippen LogP contribution in [0.3, 0.4) is 0 Å². The number of fused-ring (bicyclic) bond motifs is 1. The maximum absolute atomic E-state index is 3.70. The van der Waals surface area contributed by atoms with Crippen LogP contribution in [0, 0.1) is 5.92 Å². The summed E-state index contributed by atoms with van der Waals surface area (Å²) in [6, 6.07) is 6.00. The van der Waals surface area contributed by atoms with Gasteiger partial charge in [-0.3, -0.25) is 4.90 Å². The highest BCUT2D eigenvalue weighted by molar-refractivity contribution is 7.12. The van der Waals surface area contributed by atoms with Crippen molar-refractivity contribution < 1.29 is 0 Å². The second-order valence-corrected chi connectivity index (χ2v) is 6.95. The van der Waals surface area contributed by atoms with Crippen LogP contribution in [0.1, 0.15) is 42.5 Å². The van der Waals surface area contributed by atoms with Gasteiger partial charge in [-0.2, -0.15) is 0 Å². The van der Waals surface area contributed by atoms with Gasteiger partial charge in [0, 0.05) is 34.9 Å². The summed E-state index contributed by atoms with van der Waals surface area (Å²) in [5.74, 6) is 0.895. The number of piperidine rings is 1. The fraction of sp³-hybridized carbons (Fsp3) is 0.733. The average Bonchev–Trinajstić information content (AvgIpc) is 3.04. The smallest absolute Gasteiger partial charge is 0.0414 e. The van der Waals surface area contributed by atoms with E-state index in [1.54, 1.807) is 4.88 Å². The average molecular weight is 264 g/mol. The normalized spacial score (nSPS) is 30.3. The van der Waals surface area contributed by atoms with E-state index in [1.165, 1.54) is 43.8 Å². The molecule has 0 spiro atoms. The minimum Gasteiger partial charge on any atom is -0.312 e. The van der Waals surface area contributed by atoms with Gasteiger partial charge in [-0.1, -0.05) is 6.92 Å². The molecule has 3 heterocycles. The van der Waals surface area contributed by atoms with E-state index in [2.05, 4.69) is 36.2 Å². The van der Waals surface area contributed by atoms with Crippen molar-refractivity contribution in [3.05, 3.63) is 21.9 Å². The number of likely N-dealkylation sites (tertiary alicyclic amines) is 1. The van der Waals surface area contributed by atoms with Gasteiger partial charge in [0.05, 0.1) is 0 Å².